The molecule has 0 radical (unpaired) electrons. The van der Waals surface area contributed by atoms with Crippen molar-refractivity contribution in [3.8, 4) is 0 Å². The molecule has 0 spiro atoms. The van der Waals surface area contributed by atoms with Crippen molar-refractivity contribution in [3.05, 3.63) is 34.6 Å². The first-order valence-electron chi connectivity index (χ1n) is 7.98. The van der Waals surface area contributed by atoms with Crippen LogP contribution in [0.2, 0.25) is 0 Å². The lowest BCUT2D eigenvalue weighted by atomic mass is 10.1. The Morgan fingerprint density at radius 2 is 2.36 bits per heavy atom. The highest BCUT2D eigenvalue weighted by Crippen LogP contribution is 2.42. The van der Waals surface area contributed by atoms with Crippen LogP contribution in [0.5, 0.6) is 0 Å². The number of nitrogens with one attached hydrogen (secondary N) is 2. The number of anilines is 1. The molecule has 136 valence electrons. The topological polar surface area (TPSA) is 109 Å². The van der Waals surface area contributed by atoms with E-state index in [2.05, 4.69) is 10.3 Å². The first kappa shape index (κ1) is 17.3. The molecule has 0 aromatic carbocycles. The molecule has 0 amide bonds. The van der Waals surface area contributed by atoms with Crippen LogP contribution < -0.4 is 16.7 Å². The van der Waals surface area contributed by atoms with Crippen LogP contribution in [-0.2, 0) is 4.74 Å². The quantitative estimate of drug-likeness (QED) is 0.681. The van der Waals surface area contributed by atoms with Gasteiger partial charge < -0.3 is 26.1 Å². The summed E-state index contributed by atoms with van der Waals surface area (Å²) in [6.07, 6.45) is 1.82. The van der Waals surface area contributed by atoms with Gasteiger partial charge in [0.25, 0.3) is 5.92 Å². The van der Waals surface area contributed by atoms with Crippen molar-refractivity contribution >= 4 is 12.0 Å². The molecule has 3 heterocycles. The average molecular weight is 354 g/mol. The van der Waals surface area contributed by atoms with Crippen LogP contribution in [0.4, 0.5) is 14.6 Å². The van der Waals surface area contributed by atoms with Crippen LogP contribution in [0.15, 0.2) is 29.0 Å². The molecule has 0 unspecified atom stereocenters. The smallest absolute Gasteiger partial charge is 0.351 e. The number of halogens is 2. The van der Waals surface area contributed by atoms with E-state index in [0.717, 1.165) is 23.7 Å². The lowest BCUT2D eigenvalue weighted by molar-refractivity contribution is -0.118. The van der Waals surface area contributed by atoms with Crippen LogP contribution in [0.25, 0.3) is 0 Å². The minimum atomic E-state index is -3.19. The van der Waals surface area contributed by atoms with Gasteiger partial charge in [0.2, 0.25) is 6.23 Å². The second kappa shape index (κ2) is 6.79. The monoisotopic (exact) mass is 354 g/mol. The molecule has 0 bridgehead atoms. The number of hydrogen-bond acceptors (Lipinski definition) is 7. The summed E-state index contributed by atoms with van der Waals surface area (Å²) in [5, 5.41) is 10.3. The average Bonchev–Trinajstić information content (AvgIpc) is 2.84. The SMILES string of the molecule is N=C/C=C1\NCCCN1C[C@@H]1CC(F)(F)[C@H](n2ccc(N)nc2=O)O1. The zero-order valence-electron chi connectivity index (χ0n) is 13.5. The predicted molar refractivity (Wildman–Crippen MR) is 87.4 cm³/mol. The van der Waals surface area contributed by atoms with Crippen LogP contribution in [0.3, 0.4) is 0 Å². The number of rotatable bonds is 4. The van der Waals surface area contributed by atoms with E-state index in [1.807, 2.05) is 4.90 Å². The summed E-state index contributed by atoms with van der Waals surface area (Å²) >= 11 is 0. The van der Waals surface area contributed by atoms with Gasteiger partial charge in [-0.25, -0.2) is 13.6 Å². The second-order valence-electron chi connectivity index (χ2n) is 6.06. The largest absolute Gasteiger partial charge is 0.383 e. The Kier molecular flexibility index (Phi) is 4.71. The standard InChI is InChI=1S/C15H20F2N6O2/c16-15(17)8-10(9-22-6-1-5-20-12(22)2-4-18)25-13(15)23-7-3-11(19)21-14(23)24/h2-4,7,10,13,18,20H,1,5-6,8-9H2,(H2,19,21,24)/b12-2+,18-4?/t10-,13+/m0/s1. The number of aromatic nitrogens is 2. The summed E-state index contributed by atoms with van der Waals surface area (Å²) in [5.74, 6) is -2.51. The molecule has 2 atom stereocenters. The fraction of sp³-hybridized carbons (Fsp3) is 0.533. The van der Waals surface area contributed by atoms with Crippen molar-refractivity contribution in [2.45, 2.75) is 31.1 Å². The third-order valence-electron chi connectivity index (χ3n) is 4.20. The van der Waals surface area contributed by atoms with Crippen molar-refractivity contribution in [3.63, 3.8) is 0 Å². The molecule has 3 rings (SSSR count). The van der Waals surface area contributed by atoms with Gasteiger partial charge in [0.15, 0.2) is 0 Å². The lowest BCUT2D eigenvalue weighted by Crippen LogP contribution is -2.43. The molecule has 2 aliphatic heterocycles. The highest BCUT2D eigenvalue weighted by Gasteiger charge is 2.52. The van der Waals surface area contributed by atoms with Gasteiger partial charge in [0, 0.05) is 38.5 Å². The summed E-state index contributed by atoms with van der Waals surface area (Å²) in [7, 11) is 0. The van der Waals surface area contributed by atoms with Gasteiger partial charge in [0.1, 0.15) is 11.6 Å². The van der Waals surface area contributed by atoms with Crippen molar-refractivity contribution in [1.29, 1.82) is 5.41 Å². The van der Waals surface area contributed by atoms with Crippen molar-refractivity contribution in [2.24, 2.45) is 0 Å². The maximum atomic E-state index is 14.4. The Hall–Kier alpha value is -2.49. The number of hydrogen-bond donors (Lipinski definition) is 3. The summed E-state index contributed by atoms with van der Waals surface area (Å²) in [6, 6.07) is 1.29. The Labute approximate surface area is 142 Å². The van der Waals surface area contributed by atoms with Crippen LogP contribution in [0, 0.1) is 5.41 Å². The van der Waals surface area contributed by atoms with Gasteiger partial charge >= 0.3 is 5.69 Å². The Morgan fingerprint density at radius 1 is 1.56 bits per heavy atom. The molecule has 2 fully saturated rings. The summed E-state index contributed by atoms with van der Waals surface area (Å²) in [4.78, 5) is 17.2. The van der Waals surface area contributed by atoms with E-state index in [9.17, 15) is 13.6 Å². The van der Waals surface area contributed by atoms with Crippen molar-refractivity contribution in [2.75, 3.05) is 25.4 Å². The van der Waals surface area contributed by atoms with E-state index < -0.39 is 30.4 Å². The van der Waals surface area contributed by atoms with E-state index in [1.165, 1.54) is 12.3 Å². The van der Waals surface area contributed by atoms with E-state index in [-0.39, 0.29) is 12.4 Å². The number of ether oxygens (including phenoxy) is 1. The molecule has 0 aliphatic carbocycles. The van der Waals surface area contributed by atoms with Crippen molar-refractivity contribution < 1.29 is 13.5 Å². The Morgan fingerprint density at radius 3 is 3.08 bits per heavy atom. The number of alkyl halides is 2. The van der Waals surface area contributed by atoms with Gasteiger partial charge in [-0.3, -0.25) is 4.57 Å². The molecular weight excluding hydrogens is 334 g/mol. The molecular formula is C15H20F2N6O2. The zero-order valence-corrected chi connectivity index (χ0v) is 13.5. The number of nitrogen functional groups attached to an aromatic ring is 1. The first-order chi connectivity index (χ1) is 11.9. The van der Waals surface area contributed by atoms with Gasteiger partial charge in [0.05, 0.1) is 6.10 Å². The van der Waals surface area contributed by atoms with Crippen LogP contribution >= 0.6 is 0 Å². The Bertz CT molecular complexity index is 735. The third-order valence-corrected chi connectivity index (χ3v) is 4.20. The summed E-state index contributed by atoms with van der Waals surface area (Å²) < 4.78 is 35.1. The van der Waals surface area contributed by atoms with Crippen LogP contribution in [-0.4, -0.2) is 52.3 Å². The normalized spacial score (nSPS) is 27.3. The molecule has 10 heteroatoms. The maximum Gasteiger partial charge on any atom is 0.351 e. The van der Waals surface area contributed by atoms with Crippen molar-refractivity contribution in [1.82, 2.24) is 19.8 Å². The van der Waals surface area contributed by atoms with Crippen LogP contribution in [0.1, 0.15) is 19.1 Å². The summed E-state index contributed by atoms with van der Waals surface area (Å²) in [5.41, 5.74) is 4.53. The molecule has 8 nitrogen and oxygen atoms in total. The number of nitrogens with zero attached hydrogens (tertiary/aromatic N) is 3. The van der Waals surface area contributed by atoms with Gasteiger partial charge in [-0.1, -0.05) is 0 Å². The minimum Gasteiger partial charge on any atom is -0.383 e. The predicted octanol–water partition coefficient (Wildman–Crippen LogP) is 0.535. The fourth-order valence-corrected chi connectivity index (χ4v) is 3.11. The van der Waals surface area contributed by atoms with E-state index >= 15 is 0 Å². The van der Waals surface area contributed by atoms with Gasteiger partial charge in [-0.05, 0) is 18.6 Å². The molecule has 1 aromatic heterocycles. The lowest BCUT2D eigenvalue weighted by Gasteiger charge is -2.34. The zero-order chi connectivity index (χ0) is 18.0. The Balaban J connectivity index is 1.76. The van der Waals surface area contributed by atoms with E-state index in [1.54, 1.807) is 6.08 Å². The summed E-state index contributed by atoms with van der Waals surface area (Å²) in [6.45, 7) is 1.70. The van der Waals surface area contributed by atoms with E-state index in [0.29, 0.717) is 12.4 Å². The molecule has 1 aromatic rings. The molecule has 0 saturated carbocycles. The number of nitrogens with two attached hydrogens (primary N) is 1. The number of allylic oxidation sites excluding steroid dienone is 1. The maximum absolute atomic E-state index is 14.4. The van der Waals surface area contributed by atoms with Gasteiger partial charge in [-0.15, -0.1) is 0 Å². The molecule has 25 heavy (non-hydrogen) atoms. The molecule has 2 saturated heterocycles. The molecule has 4 N–H and O–H groups in total. The molecule has 2 aliphatic rings. The second-order valence-corrected chi connectivity index (χ2v) is 6.06. The highest BCUT2D eigenvalue weighted by atomic mass is 19.3. The third kappa shape index (κ3) is 3.63. The highest BCUT2D eigenvalue weighted by molar-refractivity contribution is 5.68. The first-order valence-corrected chi connectivity index (χ1v) is 7.98. The minimum absolute atomic E-state index is 0.0278. The fourth-order valence-electron chi connectivity index (χ4n) is 3.11. The van der Waals surface area contributed by atoms with Gasteiger partial charge in [-0.2, -0.15) is 4.98 Å². The van der Waals surface area contributed by atoms with E-state index in [4.69, 9.17) is 15.9 Å².